The number of aliphatic carboxylic acids is 1. The van der Waals surface area contributed by atoms with Gasteiger partial charge in [-0.3, -0.25) is 9.59 Å². The Labute approximate surface area is 80.1 Å². The fourth-order valence-electron chi connectivity index (χ4n) is 1.80. The Balaban J connectivity index is 2.96. The summed E-state index contributed by atoms with van der Waals surface area (Å²) in [4.78, 5) is 21.7. The summed E-state index contributed by atoms with van der Waals surface area (Å²) >= 11 is 0. The zero-order valence-electron chi connectivity index (χ0n) is 7.85. The summed E-state index contributed by atoms with van der Waals surface area (Å²) in [6.45, 7) is 0.608. The van der Waals surface area contributed by atoms with E-state index in [9.17, 15) is 18.4 Å². The molecule has 1 saturated carbocycles. The molecule has 3 nitrogen and oxygen atoms in total. The molecule has 0 unspecified atom stereocenters. The van der Waals surface area contributed by atoms with E-state index in [4.69, 9.17) is 5.11 Å². The highest BCUT2D eigenvalue weighted by Crippen LogP contribution is 2.47. The molecule has 1 fully saturated rings. The van der Waals surface area contributed by atoms with Crippen molar-refractivity contribution in [2.45, 2.75) is 38.5 Å². The van der Waals surface area contributed by atoms with E-state index in [1.54, 1.807) is 0 Å². The van der Waals surface area contributed by atoms with Crippen LogP contribution in [0, 0.1) is 5.41 Å². The smallest absolute Gasteiger partial charge is 0.315 e. The number of halogens is 2. The lowest BCUT2D eigenvalue weighted by molar-refractivity contribution is -0.181. The Bertz CT molecular complexity index is 258. The average Bonchev–Trinajstić information content (AvgIpc) is 2.02. The third-order valence-corrected chi connectivity index (χ3v) is 2.91. The maximum absolute atomic E-state index is 13.1. The molecule has 1 aliphatic rings. The Hall–Kier alpha value is -1.00. The van der Waals surface area contributed by atoms with Crippen LogP contribution in [-0.4, -0.2) is 22.8 Å². The van der Waals surface area contributed by atoms with Gasteiger partial charge in [-0.25, -0.2) is 8.78 Å². The first kappa shape index (κ1) is 11.1. The van der Waals surface area contributed by atoms with Crippen LogP contribution in [0.2, 0.25) is 0 Å². The van der Waals surface area contributed by atoms with Gasteiger partial charge in [0.2, 0.25) is 0 Å². The van der Waals surface area contributed by atoms with Crippen LogP contribution in [0.5, 0.6) is 0 Å². The van der Waals surface area contributed by atoms with Crippen LogP contribution in [0.1, 0.15) is 32.6 Å². The maximum Gasteiger partial charge on any atom is 0.315 e. The Morgan fingerprint density at radius 1 is 1.43 bits per heavy atom. The van der Waals surface area contributed by atoms with Gasteiger partial charge in [0, 0.05) is 19.8 Å². The molecule has 0 spiro atoms. The molecule has 80 valence electrons. The molecule has 14 heavy (non-hydrogen) atoms. The zero-order chi connectivity index (χ0) is 11.0. The van der Waals surface area contributed by atoms with Gasteiger partial charge in [-0.05, 0) is 12.8 Å². The molecule has 0 heterocycles. The number of hydrogen-bond donors (Lipinski definition) is 1. The van der Waals surface area contributed by atoms with Gasteiger partial charge >= 0.3 is 5.97 Å². The topological polar surface area (TPSA) is 54.4 Å². The van der Waals surface area contributed by atoms with Crippen molar-refractivity contribution in [2.75, 3.05) is 0 Å². The number of carboxylic acids is 1. The summed E-state index contributed by atoms with van der Waals surface area (Å²) in [5.74, 6) is -4.91. The predicted molar refractivity (Wildman–Crippen MR) is 44.2 cm³/mol. The van der Waals surface area contributed by atoms with E-state index < -0.39 is 17.3 Å². The Kier molecular flexibility index (Phi) is 2.61. The van der Waals surface area contributed by atoms with Gasteiger partial charge in [0.25, 0.3) is 5.92 Å². The van der Waals surface area contributed by atoms with Crippen LogP contribution < -0.4 is 0 Å². The first-order valence-corrected chi connectivity index (χ1v) is 4.42. The molecular weight excluding hydrogens is 194 g/mol. The predicted octanol–water partition coefficient (Wildman–Crippen LogP) is 1.86. The lowest BCUT2D eigenvalue weighted by Crippen LogP contribution is -2.48. The van der Waals surface area contributed by atoms with E-state index >= 15 is 0 Å². The number of hydrogen-bond acceptors (Lipinski definition) is 2. The molecule has 0 bridgehead atoms. The highest BCUT2D eigenvalue weighted by molar-refractivity contribution is 5.84. The lowest BCUT2D eigenvalue weighted by atomic mass is 9.69. The number of ketones is 1. The third kappa shape index (κ3) is 1.63. The molecule has 1 N–H and O–H groups in total. The molecule has 0 saturated heterocycles. The highest BCUT2D eigenvalue weighted by Gasteiger charge is 2.57. The third-order valence-electron chi connectivity index (χ3n) is 2.91. The largest absolute Gasteiger partial charge is 0.481 e. The number of carbonyl (C=O) groups excluding carboxylic acids is 1. The number of carboxylic acid groups (broad SMARTS) is 1. The zero-order valence-corrected chi connectivity index (χ0v) is 7.85. The maximum atomic E-state index is 13.1. The minimum absolute atomic E-state index is 0.0598. The van der Waals surface area contributed by atoms with E-state index in [2.05, 4.69) is 0 Å². The first-order valence-electron chi connectivity index (χ1n) is 4.42. The Morgan fingerprint density at radius 3 is 2.14 bits per heavy atom. The van der Waals surface area contributed by atoms with Gasteiger partial charge in [0.15, 0.2) is 0 Å². The Morgan fingerprint density at radius 2 is 1.86 bits per heavy atom. The van der Waals surface area contributed by atoms with Crippen molar-refractivity contribution < 1.29 is 23.5 Å². The average molecular weight is 206 g/mol. The molecule has 0 aliphatic heterocycles. The fourth-order valence-corrected chi connectivity index (χ4v) is 1.80. The van der Waals surface area contributed by atoms with Crippen LogP contribution in [0.25, 0.3) is 0 Å². The van der Waals surface area contributed by atoms with Crippen LogP contribution in [0.15, 0.2) is 0 Å². The van der Waals surface area contributed by atoms with Gasteiger partial charge in [-0.15, -0.1) is 0 Å². The summed E-state index contributed by atoms with van der Waals surface area (Å²) < 4.78 is 26.3. The number of alkyl halides is 2. The van der Waals surface area contributed by atoms with Crippen LogP contribution in [0.4, 0.5) is 8.78 Å². The van der Waals surface area contributed by atoms with Crippen LogP contribution >= 0.6 is 0 Å². The second-order valence-corrected chi connectivity index (χ2v) is 3.81. The molecule has 0 radical (unpaired) electrons. The van der Waals surface area contributed by atoms with Crippen LogP contribution in [0.3, 0.4) is 0 Å². The van der Waals surface area contributed by atoms with E-state index in [1.165, 1.54) is 0 Å². The van der Waals surface area contributed by atoms with Crippen molar-refractivity contribution in [3.63, 3.8) is 0 Å². The number of Topliss-reactive ketones (excluding diaryl/α,β-unsaturated/α-hetero) is 1. The normalized spacial score (nSPS) is 22.1. The lowest BCUT2D eigenvalue weighted by Gasteiger charge is -2.37. The first-order chi connectivity index (χ1) is 6.29. The van der Waals surface area contributed by atoms with E-state index in [0.29, 0.717) is 6.92 Å². The van der Waals surface area contributed by atoms with Crippen molar-refractivity contribution in [3.8, 4) is 0 Å². The molecule has 0 atom stereocenters. The number of carbonyl (C=O) groups is 2. The van der Waals surface area contributed by atoms with E-state index in [1.807, 2.05) is 0 Å². The summed E-state index contributed by atoms with van der Waals surface area (Å²) in [6, 6.07) is 0. The van der Waals surface area contributed by atoms with Crippen molar-refractivity contribution >= 4 is 11.8 Å². The van der Waals surface area contributed by atoms with Crippen molar-refractivity contribution in [3.05, 3.63) is 0 Å². The molecule has 0 amide bonds. The van der Waals surface area contributed by atoms with E-state index in [-0.39, 0.29) is 31.5 Å². The number of rotatable bonds is 2. The van der Waals surface area contributed by atoms with Gasteiger partial charge in [-0.1, -0.05) is 0 Å². The highest BCUT2D eigenvalue weighted by atomic mass is 19.3. The van der Waals surface area contributed by atoms with Gasteiger partial charge < -0.3 is 5.11 Å². The molecule has 1 aliphatic carbocycles. The molecular formula is C9H12F2O3. The summed E-state index contributed by atoms with van der Waals surface area (Å²) in [7, 11) is 0. The fraction of sp³-hybridized carbons (Fsp3) is 0.778. The quantitative estimate of drug-likeness (QED) is 0.750. The standard InChI is InChI=1S/C9H12F2O3/c1-8(10,11)9(7(13)14)4-2-6(12)3-5-9/h2-5H2,1H3,(H,13,14). The van der Waals surface area contributed by atoms with E-state index in [0.717, 1.165) is 0 Å². The molecule has 0 aromatic rings. The van der Waals surface area contributed by atoms with Crippen molar-refractivity contribution in [2.24, 2.45) is 5.41 Å². The monoisotopic (exact) mass is 206 g/mol. The van der Waals surface area contributed by atoms with Gasteiger partial charge in [0.1, 0.15) is 11.2 Å². The second kappa shape index (κ2) is 3.29. The molecule has 5 heteroatoms. The van der Waals surface area contributed by atoms with Crippen molar-refractivity contribution in [1.29, 1.82) is 0 Å². The molecule has 0 aromatic carbocycles. The molecule has 1 rings (SSSR count). The second-order valence-electron chi connectivity index (χ2n) is 3.81. The summed E-state index contributed by atoms with van der Waals surface area (Å²) in [5, 5.41) is 8.82. The minimum Gasteiger partial charge on any atom is -0.481 e. The summed E-state index contributed by atoms with van der Waals surface area (Å²) in [5.41, 5.74) is -2.04. The van der Waals surface area contributed by atoms with Crippen LogP contribution in [-0.2, 0) is 9.59 Å². The summed E-state index contributed by atoms with van der Waals surface area (Å²) in [6.07, 6.45) is -0.638. The van der Waals surface area contributed by atoms with Crippen molar-refractivity contribution in [1.82, 2.24) is 0 Å². The van der Waals surface area contributed by atoms with Gasteiger partial charge in [-0.2, -0.15) is 0 Å². The molecule has 0 aromatic heterocycles. The SMILES string of the molecule is CC(F)(F)C1(C(=O)O)CCC(=O)CC1. The van der Waals surface area contributed by atoms with Gasteiger partial charge in [0.05, 0.1) is 0 Å². The minimum atomic E-state index is -3.28.